The molecule has 7 heteroatoms. The maximum Gasteiger partial charge on any atom is 1.00 e. The molecule has 1 aromatic rings. The first kappa shape index (κ1) is 17.5. The summed E-state index contributed by atoms with van der Waals surface area (Å²) in [6.45, 7) is -2.26. The van der Waals surface area contributed by atoms with Gasteiger partial charge in [-0.05, 0) is 31.9 Å². The Morgan fingerprint density at radius 1 is 1.32 bits per heavy atom. The van der Waals surface area contributed by atoms with Crippen molar-refractivity contribution in [3.05, 3.63) is 23.8 Å². The topological polar surface area (TPSA) is 18.5 Å². The Hall–Kier alpha value is 0.471. The van der Waals surface area contributed by atoms with E-state index in [0.29, 0.717) is 12.4 Å². The maximum atomic E-state index is 12.6. The second-order valence-electron chi connectivity index (χ2n) is 4.55. The number of ether oxygens (including phenoxy) is 2. The van der Waals surface area contributed by atoms with Crippen LogP contribution in [0.1, 0.15) is 18.4 Å². The average molecular weight is 298 g/mol. The average Bonchev–Trinajstić information content (AvgIpc) is 2.28. The molecule has 0 radical (unpaired) electrons. The molecule has 2 nitrogen and oxygen atoms in total. The van der Waals surface area contributed by atoms with Crippen molar-refractivity contribution in [3.8, 4) is 5.75 Å². The van der Waals surface area contributed by atoms with Crippen molar-refractivity contribution in [3.63, 3.8) is 0 Å². The van der Waals surface area contributed by atoms with E-state index in [1.165, 1.54) is 19.1 Å². The third-order valence-corrected chi connectivity index (χ3v) is 3.02. The van der Waals surface area contributed by atoms with Gasteiger partial charge in [-0.3, -0.25) is 0 Å². The van der Waals surface area contributed by atoms with Gasteiger partial charge in [0.05, 0.1) is 6.61 Å². The molecule has 1 aromatic carbocycles. The van der Waals surface area contributed by atoms with Gasteiger partial charge in [-0.1, -0.05) is 11.6 Å². The summed E-state index contributed by atoms with van der Waals surface area (Å²) in [5.74, 6) is 0.479. The normalized spacial score (nSPS) is 19.7. The Morgan fingerprint density at radius 2 is 2.05 bits per heavy atom. The summed E-state index contributed by atoms with van der Waals surface area (Å²) >= 11 is 0. The molecule has 1 unspecified atom stereocenters. The van der Waals surface area contributed by atoms with E-state index < -0.39 is 12.4 Å². The predicted octanol–water partition coefficient (Wildman–Crippen LogP) is -0.389. The molecule has 0 saturated carbocycles. The van der Waals surface area contributed by atoms with Crippen molar-refractivity contribution < 1.29 is 73.8 Å². The third kappa shape index (κ3) is 5.06. The molecule has 2 rings (SSSR count). The standard InChI is InChI=1S/C12H15BF3O2.K/c1-9-7-10(4-5-12(9)13(14,15)16)18-11-3-2-6-17-8-11;/h4-5,7,11H,2-3,6,8H2,1H3;/q-1;+1. The van der Waals surface area contributed by atoms with Crippen LogP contribution < -0.4 is 61.6 Å². The Bertz CT molecular complexity index is 420. The fourth-order valence-electron chi connectivity index (χ4n) is 2.09. The molecule has 0 amide bonds. The second-order valence-corrected chi connectivity index (χ2v) is 4.55. The van der Waals surface area contributed by atoms with E-state index >= 15 is 0 Å². The molecule has 0 N–H and O–H groups in total. The molecule has 100 valence electrons. The molecule has 0 aromatic heterocycles. The van der Waals surface area contributed by atoms with Gasteiger partial charge in [0.15, 0.2) is 0 Å². The summed E-state index contributed by atoms with van der Waals surface area (Å²) in [5, 5.41) is 0. The first-order valence-electron chi connectivity index (χ1n) is 6.02. The van der Waals surface area contributed by atoms with E-state index in [2.05, 4.69) is 0 Å². The quantitative estimate of drug-likeness (QED) is 0.708. The van der Waals surface area contributed by atoms with Crippen LogP contribution >= 0.6 is 0 Å². The Kier molecular flexibility index (Phi) is 6.89. The number of halogens is 3. The number of hydrogen-bond donors (Lipinski definition) is 0. The molecular formula is C12H15BF3KO2. The Balaban J connectivity index is 0.00000180. The van der Waals surface area contributed by atoms with Crippen molar-refractivity contribution >= 4 is 12.4 Å². The molecule has 1 fully saturated rings. The fraction of sp³-hybridized carbons (Fsp3) is 0.500. The molecule has 0 aliphatic carbocycles. The minimum atomic E-state index is -4.95. The molecule has 1 aliphatic heterocycles. The van der Waals surface area contributed by atoms with Gasteiger partial charge in [0, 0.05) is 6.61 Å². The van der Waals surface area contributed by atoms with Gasteiger partial charge >= 0.3 is 58.4 Å². The number of rotatable bonds is 3. The molecule has 1 atom stereocenters. The number of aryl methyl sites for hydroxylation is 1. The smallest absolute Gasteiger partial charge is 0.488 e. The minimum absolute atomic E-state index is 0. The van der Waals surface area contributed by atoms with Gasteiger partial charge in [-0.25, -0.2) is 0 Å². The van der Waals surface area contributed by atoms with Crippen molar-refractivity contribution in [2.75, 3.05) is 13.2 Å². The summed E-state index contributed by atoms with van der Waals surface area (Å²) in [7, 11) is 0. The van der Waals surface area contributed by atoms with Crippen LogP contribution in [0.15, 0.2) is 18.2 Å². The Morgan fingerprint density at radius 3 is 2.58 bits per heavy atom. The van der Waals surface area contributed by atoms with Gasteiger partial charge in [0.2, 0.25) is 0 Å². The summed E-state index contributed by atoms with van der Waals surface area (Å²) in [5.41, 5.74) is -0.348. The predicted molar refractivity (Wildman–Crippen MR) is 64.4 cm³/mol. The number of benzene rings is 1. The molecular weight excluding hydrogens is 283 g/mol. The van der Waals surface area contributed by atoms with Gasteiger partial charge in [0.25, 0.3) is 0 Å². The van der Waals surface area contributed by atoms with Crippen LogP contribution in [-0.2, 0) is 4.74 Å². The monoisotopic (exact) mass is 298 g/mol. The van der Waals surface area contributed by atoms with Gasteiger partial charge in [-0.15, -0.1) is 5.46 Å². The van der Waals surface area contributed by atoms with Crippen LogP contribution in [0.2, 0.25) is 0 Å². The summed E-state index contributed by atoms with van der Waals surface area (Å²) < 4.78 is 48.8. The van der Waals surface area contributed by atoms with E-state index in [-0.39, 0.29) is 63.1 Å². The van der Waals surface area contributed by atoms with Crippen LogP contribution in [0.5, 0.6) is 5.75 Å². The summed E-state index contributed by atoms with van der Waals surface area (Å²) in [6.07, 6.45) is 1.75. The zero-order valence-corrected chi connectivity index (χ0v) is 14.3. The molecule has 0 spiro atoms. The largest absolute Gasteiger partial charge is 1.00 e. The van der Waals surface area contributed by atoms with Crippen LogP contribution in [0.25, 0.3) is 0 Å². The zero-order chi connectivity index (χ0) is 13.2. The second kappa shape index (κ2) is 7.47. The zero-order valence-electron chi connectivity index (χ0n) is 11.2. The van der Waals surface area contributed by atoms with Gasteiger partial charge < -0.3 is 22.4 Å². The van der Waals surface area contributed by atoms with Gasteiger partial charge in [0.1, 0.15) is 11.9 Å². The number of hydrogen-bond acceptors (Lipinski definition) is 2. The van der Waals surface area contributed by atoms with Crippen LogP contribution in [0.3, 0.4) is 0 Å². The summed E-state index contributed by atoms with van der Waals surface area (Å²) in [4.78, 5) is 0. The van der Waals surface area contributed by atoms with E-state index in [4.69, 9.17) is 9.47 Å². The SMILES string of the molecule is Cc1cc(OC2CCCOC2)ccc1[B-](F)(F)F.[K+]. The van der Waals surface area contributed by atoms with E-state index in [0.717, 1.165) is 25.5 Å². The third-order valence-electron chi connectivity index (χ3n) is 3.02. The van der Waals surface area contributed by atoms with Gasteiger partial charge in [-0.2, -0.15) is 0 Å². The molecule has 1 saturated heterocycles. The van der Waals surface area contributed by atoms with Crippen LogP contribution in [-0.4, -0.2) is 26.3 Å². The molecule has 1 heterocycles. The van der Waals surface area contributed by atoms with Crippen LogP contribution in [0.4, 0.5) is 12.9 Å². The van der Waals surface area contributed by atoms with E-state index in [1.807, 2.05) is 0 Å². The van der Waals surface area contributed by atoms with E-state index in [9.17, 15) is 12.9 Å². The molecule has 1 aliphatic rings. The maximum absolute atomic E-state index is 12.6. The fourth-order valence-corrected chi connectivity index (χ4v) is 2.09. The van der Waals surface area contributed by atoms with Crippen molar-refractivity contribution in [1.82, 2.24) is 0 Å². The van der Waals surface area contributed by atoms with Crippen molar-refractivity contribution in [2.45, 2.75) is 25.9 Å². The minimum Gasteiger partial charge on any atom is -0.488 e. The molecule has 19 heavy (non-hydrogen) atoms. The molecule has 0 bridgehead atoms. The van der Waals surface area contributed by atoms with Crippen LogP contribution in [0, 0.1) is 6.92 Å². The Labute approximate surface area is 153 Å². The van der Waals surface area contributed by atoms with Crippen molar-refractivity contribution in [2.24, 2.45) is 0 Å². The first-order chi connectivity index (χ1) is 8.47. The summed E-state index contributed by atoms with van der Waals surface area (Å²) in [6, 6.07) is 3.92. The first-order valence-corrected chi connectivity index (χ1v) is 6.02. The van der Waals surface area contributed by atoms with Crippen molar-refractivity contribution in [1.29, 1.82) is 0 Å². The van der Waals surface area contributed by atoms with E-state index in [1.54, 1.807) is 0 Å².